The third kappa shape index (κ3) is 1.56. The van der Waals surface area contributed by atoms with Crippen LogP contribution in [0.25, 0.3) is 6.08 Å². The van der Waals surface area contributed by atoms with Crippen molar-refractivity contribution >= 4 is 23.4 Å². The summed E-state index contributed by atoms with van der Waals surface area (Å²) < 4.78 is 0. The van der Waals surface area contributed by atoms with Crippen molar-refractivity contribution in [3.63, 3.8) is 0 Å². The van der Waals surface area contributed by atoms with Gasteiger partial charge in [-0.05, 0) is 30.2 Å². The molecular formula is C14H12ClNO. The van der Waals surface area contributed by atoms with Gasteiger partial charge in [-0.15, -0.1) is 0 Å². The molecule has 1 aromatic rings. The highest BCUT2D eigenvalue weighted by Crippen LogP contribution is 2.40. The molecule has 0 fully saturated rings. The number of nitrogens with one attached hydrogen (secondary N) is 1. The molecule has 1 aliphatic heterocycles. The van der Waals surface area contributed by atoms with Crippen molar-refractivity contribution in [2.24, 2.45) is 0 Å². The topological polar surface area (TPSA) is 32.3 Å². The number of aromatic hydroxyl groups is 1. The predicted molar refractivity (Wildman–Crippen MR) is 71.5 cm³/mol. The molecule has 1 aliphatic carbocycles. The first-order valence-electron chi connectivity index (χ1n) is 5.52. The second kappa shape index (κ2) is 3.67. The number of fused-ring (bicyclic) bond motifs is 2. The van der Waals surface area contributed by atoms with Gasteiger partial charge in [0.15, 0.2) is 0 Å². The number of anilines is 1. The summed E-state index contributed by atoms with van der Waals surface area (Å²) in [6.07, 6.45) is 10.2. The number of allylic oxidation sites excluding steroid dienone is 2. The molecule has 0 bridgehead atoms. The summed E-state index contributed by atoms with van der Waals surface area (Å²) >= 11 is 6.17. The van der Waals surface area contributed by atoms with Crippen LogP contribution in [0.3, 0.4) is 0 Å². The van der Waals surface area contributed by atoms with Crippen molar-refractivity contribution < 1.29 is 5.11 Å². The minimum atomic E-state index is 0.165. The van der Waals surface area contributed by atoms with E-state index in [1.807, 2.05) is 37.3 Å². The van der Waals surface area contributed by atoms with E-state index in [1.165, 1.54) is 0 Å². The van der Waals surface area contributed by atoms with Gasteiger partial charge in [0.25, 0.3) is 0 Å². The Balaban J connectivity index is 2.21. The molecule has 2 aliphatic rings. The van der Waals surface area contributed by atoms with Crippen molar-refractivity contribution in [3.05, 3.63) is 52.1 Å². The first-order chi connectivity index (χ1) is 8.16. The smallest absolute Gasteiger partial charge is 0.137 e. The number of halogens is 1. The average molecular weight is 246 g/mol. The summed E-state index contributed by atoms with van der Waals surface area (Å²) in [5.74, 6) is 0.165. The maximum absolute atomic E-state index is 9.84. The minimum absolute atomic E-state index is 0.165. The van der Waals surface area contributed by atoms with E-state index in [2.05, 4.69) is 11.4 Å². The van der Waals surface area contributed by atoms with E-state index in [0.717, 1.165) is 22.4 Å². The highest BCUT2D eigenvalue weighted by atomic mass is 35.5. The third-order valence-corrected chi connectivity index (χ3v) is 3.54. The summed E-state index contributed by atoms with van der Waals surface area (Å²) in [4.78, 5) is 0. The van der Waals surface area contributed by atoms with Gasteiger partial charge in [-0.25, -0.2) is 0 Å². The average Bonchev–Trinajstić information content (AvgIpc) is 2.34. The molecule has 0 saturated heterocycles. The lowest BCUT2D eigenvalue weighted by molar-refractivity contribution is 0.471. The number of aryl methyl sites for hydroxylation is 1. The Kier molecular flexibility index (Phi) is 2.26. The van der Waals surface area contributed by atoms with Gasteiger partial charge in [-0.3, -0.25) is 0 Å². The second-order valence-electron chi connectivity index (χ2n) is 4.33. The molecule has 2 N–H and O–H groups in total. The Hall–Kier alpha value is -1.67. The summed E-state index contributed by atoms with van der Waals surface area (Å²) in [5.41, 5.74) is 3.78. The fourth-order valence-corrected chi connectivity index (χ4v) is 2.51. The van der Waals surface area contributed by atoms with Crippen LogP contribution in [0.2, 0.25) is 5.02 Å². The Morgan fingerprint density at radius 2 is 2.18 bits per heavy atom. The third-order valence-electron chi connectivity index (χ3n) is 3.15. The van der Waals surface area contributed by atoms with Crippen molar-refractivity contribution in [1.29, 1.82) is 0 Å². The molecule has 3 rings (SSSR count). The molecule has 2 nitrogen and oxygen atoms in total. The van der Waals surface area contributed by atoms with Crippen LogP contribution in [0.1, 0.15) is 11.1 Å². The number of rotatable bonds is 0. The zero-order chi connectivity index (χ0) is 12.0. The normalized spacial score (nSPS) is 20.4. The van der Waals surface area contributed by atoms with Crippen molar-refractivity contribution in [2.75, 3.05) is 5.32 Å². The van der Waals surface area contributed by atoms with E-state index < -0.39 is 0 Å². The molecule has 86 valence electrons. The number of benzene rings is 1. The van der Waals surface area contributed by atoms with E-state index in [0.29, 0.717) is 5.02 Å². The maximum Gasteiger partial charge on any atom is 0.137 e. The van der Waals surface area contributed by atoms with Gasteiger partial charge in [-0.1, -0.05) is 35.9 Å². The molecule has 1 aromatic carbocycles. The second-order valence-corrected chi connectivity index (χ2v) is 4.71. The molecule has 0 radical (unpaired) electrons. The molecule has 3 heteroatoms. The molecule has 0 amide bonds. The number of hydrogen-bond donors (Lipinski definition) is 2. The largest absolute Gasteiger partial charge is 0.506 e. The first-order valence-corrected chi connectivity index (χ1v) is 5.89. The van der Waals surface area contributed by atoms with E-state index in [4.69, 9.17) is 11.6 Å². The summed E-state index contributed by atoms with van der Waals surface area (Å²) in [6.45, 7) is 1.85. The van der Waals surface area contributed by atoms with E-state index in [9.17, 15) is 5.11 Å². The Bertz CT molecular complexity index is 584. The molecular weight excluding hydrogens is 234 g/mol. The van der Waals surface area contributed by atoms with Gasteiger partial charge in [0.2, 0.25) is 0 Å². The van der Waals surface area contributed by atoms with Gasteiger partial charge in [0.05, 0.1) is 11.1 Å². The van der Waals surface area contributed by atoms with Crippen LogP contribution >= 0.6 is 11.6 Å². The molecule has 0 aromatic heterocycles. The standard InChI is InChI=1S/C14H12ClNO/c1-8-6-12-10(13(15)14(8)17)7-9-4-2-3-5-11(9)16-12/h2-7,11,16-17H,1H3. The maximum atomic E-state index is 9.84. The van der Waals surface area contributed by atoms with Gasteiger partial charge >= 0.3 is 0 Å². The van der Waals surface area contributed by atoms with Crippen LogP contribution in [-0.4, -0.2) is 11.1 Å². The van der Waals surface area contributed by atoms with Crippen molar-refractivity contribution in [1.82, 2.24) is 0 Å². The Morgan fingerprint density at radius 1 is 1.35 bits per heavy atom. The van der Waals surface area contributed by atoms with Crippen molar-refractivity contribution in [2.45, 2.75) is 13.0 Å². The van der Waals surface area contributed by atoms with Crippen LogP contribution in [0.4, 0.5) is 5.69 Å². The summed E-state index contributed by atoms with van der Waals surface area (Å²) in [7, 11) is 0. The molecule has 0 saturated carbocycles. The highest BCUT2D eigenvalue weighted by Gasteiger charge is 2.22. The van der Waals surface area contributed by atoms with Crippen molar-refractivity contribution in [3.8, 4) is 5.75 Å². The minimum Gasteiger partial charge on any atom is -0.506 e. The van der Waals surface area contributed by atoms with Gasteiger partial charge in [-0.2, -0.15) is 0 Å². The number of phenolic OH excluding ortho intramolecular Hbond substituents is 1. The van der Waals surface area contributed by atoms with Crippen LogP contribution in [0.15, 0.2) is 35.9 Å². The lowest BCUT2D eigenvalue weighted by Crippen LogP contribution is -2.23. The quantitative estimate of drug-likeness (QED) is 0.684. The molecule has 17 heavy (non-hydrogen) atoms. The van der Waals surface area contributed by atoms with Gasteiger partial charge in [0.1, 0.15) is 5.75 Å². The zero-order valence-corrected chi connectivity index (χ0v) is 10.1. The first kappa shape index (κ1) is 10.5. The lowest BCUT2D eigenvalue weighted by atomic mass is 9.93. The van der Waals surface area contributed by atoms with E-state index in [-0.39, 0.29) is 11.8 Å². The van der Waals surface area contributed by atoms with Gasteiger partial charge < -0.3 is 10.4 Å². The van der Waals surface area contributed by atoms with E-state index in [1.54, 1.807) is 0 Å². The number of phenols is 1. The summed E-state index contributed by atoms with van der Waals surface area (Å²) in [6, 6.07) is 2.13. The zero-order valence-electron chi connectivity index (χ0n) is 9.37. The molecule has 1 heterocycles. The summed E-state index contributed by atoms with van der Waals surface area (Å²) in [5, 5.41) is 13.7. The van der Waals surface area contributed by atoms with Crippen LogP contribution in [-0.2, 0) is 0 Å². The molecule has 1 unspecified atom stereocenters. The fourth-order valence-electron chi connectivity index (χ4n) is 2.20. The molecule has 1 atom stereocenters. The fraction of sp³-hybridized carbons (Fsp3) is 0.143. The van der Waals surface area contributed by atoms with Crippen LogP contribution in [0, 0.1) is 6.92 Å². The highest BCUT2D eigenvalue weighted by molar-refractivity contribution is 6.34. The molecule has 0 spiro atoms. The monoisotopic (exact) mass is 245 g/mol. The van der Waals surface area contributed by atoms with Gasteiger partial charge in [0, 0.05) is 11.3 Å². The van der Waals surface area contributed by atoms with E-state index >= 15 is 0 Å². The predicted octanol–water partition coefficient (Wildman–Crippen LogP) is 3.66. The Morgan fingerprint density at radius 3 is 3.00 bits per heavy atom. The lowest BCUT2D eigenvalue weighted by Gasteiger charge is -2.27. The van der Waals surface area contributed by atoms with Crippen LogP contribution in [0.5, 0.6) is 5.75 Å². The SMILES string of the molecule is Cc1cc2c(c(Cl)c1O)C=C1C=CC=CC1N2. The van der Waals surface area contributed by atoms with Crippen LogP contribution < -0.4 is 5.32 Å². The number of hydrogen-bond acceptors (Lipinski definition) is 2. The Labute approximate surface area is 105 Å².